The number of unbranched alkanes of at least 4 members (excludes halogenated alkanes) is 33. The molecule has 0 aromatic rings. The lowest BCUT2D eigenvalue weighted by atomic mass is 10.0. The molecular weight excluding hydrogens is 798 g/mol. The smallest absolute Gasteiger partial charge is 0.462 e. The van der Waals surface area contributed by atoms with Crippen LogP contribution in [-0.4, -0.2) is 49.3 Å². The Morgan fingerprint density at radius 1 is 0.468 bits per heavy atom. The maximum absolute atomic E-state index is 12.6. The average Bonchev–Trinajstić information content (AvgIpc) is 3.26. The van der Waals surface area contributed by atoms with Crippen LogP contribution in [0.5, 0.6) is 0 Å². The van der Waals surface area contributed by atoms with Crippen LogP contribution in [0.25, 0.3) is 0 Å². The topological polar surface area (TPSA) is 134 Å². The van der Waals surface area contributed by atoms with Crippen molar-refractivity contribution in [2.75, 3.05) is 26.4 Å². The summed E-state index contributed by atoms with van der Waals surface area (Å²) in [5, 5.41) is 0. The van der Waals surface area contributed by atoms with Crippen LogP contribution in [0.15, 0.2) is 24.3 Å². The molecule has 0 radical (unpaired) electrons. The molecule has 0 bridgehead atoms. The maximum Gasteiger partial charge on any atom is 0.472 e. The van der Waals surface area contributed by atoms with Crippen LogP contribution in [0.1, 0.15) is 264 Å². The van der Waals surface area contributed by atoms with Crippen molar-refractivity contribution in [3.63, 3.8) is 0 Å². The molecule has 9 nitrogen and oxygen atoms in total. The van der Waals surface area contributed by atoms with Gasteiger partial charge in [0.2, 0.25) is 0 Å². The van der Waals surface area contributed by atoms with Gasteiger partial charge < -0.3 is 20.1 Å². The Balaban J connectivity index is 3.82. The molecule has 0 aliphatic carbocycles. The molecule has 2 atom stereocenters. The quantitative estimate of drug-likeness (QED) is 0.0265. The number of carbonyl (C=O) groups is 2. The molecule has 0 aromatic heterocycles. The van der Waals surface area contributed by atoms with Gasteiger partial charge in [-0.15, -0.1) is 0 Å². The number of carbonyl (C=O) groups excluding carboxylic acids is 2. The van der Waals surface area contributed by atoms with Crippen molar-refractivity contribution in [2.24, 2.45) is 5.73 Å². The first-order valence-electron chi connectivity index (χ1n) is 26.3. The highest BCUT2D eigenvalue weighted by Gasteiger charge is 2.26. The van der Waals surface area contributed by atoms with E-state index in [1.807, 2.05) is 0 Å². The van der Waals surface area contributed by atoms with Gasteiger partial charge >= 0.3 is 19.8 Å². The molecule has 0 aromatic carbocycles. The van der Waals surface area contributed by atoms with E-state index in [1.165, 1.54) is 173 Å². The van der Waals surface area contributed by atoms with Crippen molar-refractivity contribution >= 4 is 19.8 Å². The number of hydrogen-bond donors (Lipinski definition) is 2. The molecular formula is C52H100NO8P. The second-order valence-corrected chi connectivity index (χ2v) is 19.2. The van der Waals surface area contributed by atoms with Crippen molar-refractivity contribution < 1.29 is 37.6 Å². The van der Waals surface area contributed by atoms with E-state index < -0.39 is 26.5 Å². The van der Waals surface area contributed by atoms with Gasteiger partial charge in [-0.05, 0) is 57.8 Å². The molecule has 2 unspecified atom stereocenters. The fourth-order valence-electron chi connectivity index (χ4n) is 7.63. The average molecular weight is 898 g/mol. The minimum atomic E-state index is -4.38. The lowest BCUT2D eigenvalue weighted by molar-refractivity contribution is -0.161. The molecule has 3 N–H and O–H groups in total. The normalized spacial score (nSPS) is 13.3. The standard InChI is InChI=1S/C52H100NO8P/c1-3-5-7-9-11-13-15-16-17-18-19-20-21-22-23-24-25-26-27-28-29-30-31-32-33-34-35-37-39-41-43-45-52(55)61-50(49-60-62(56,57)59-47-46-53)48-58-51(54)44-42-40-38-36-14-12-10-8-6-4-2/h8,10,18-19,50H,3-7,9,11-17,20-49,53H2,1-2H3,(H,56,57)/b10-8-,19-18-. The predicted octanol–water partition coefficient (Wildman–Crippen LogP) is 15.9. The molecule has 0 rings (SSSR count). The van der Waals surface area contributed by atoms with Crippen molar-refractivity contribution in [1.29, 1.82) is 0 Å². The van der Waals surface area contributed by atoms with Crippen LogP contribution in [-0.2, 0) is 32.7 Å². The molecule has 366 valence electrons. The van der Waals surface area contributed by atoms with Gasteiger partial charge in [0.25, 0.3) is 0 Å². The van der Waals surface area contributed by atoms with Gasteiger partial charge in [0, 0.05) is 19.4 Å². The summed E-state index contributed by atoms with van der Waals surface area (Å²) >= 11 is 0. The lowest BCUT2D eigenvalue weighted by Gasteiger charge is -2.19. The van der Waals surface area contributed by atoms with Gasteiger partial charge in [-0.25, -0.2) is 4.57 Å². The van der Waals surface area contributed by atoms with Crippen LogP contribution in [0.2, 0.25) is 0 Å². The van der Waals surface area contributed by atoms with E-state index in [0.29, 0.717) is 6.42 Å². The first kappa shape index (κ1) is 60.5. The summed E-state index contributed by atoms with van der Waals surface area (Å²) in [4.78, 5) is 34.9. The fourth-order valence-corrected chi connectivity index (χ4v) is 8.40. The number of phosphoric acid groups is 1. The lowest BCUT2D eigenvalue weighted by Crippen LogP contribution is -2.29. The Morgan fingerprint density at radius 3 is 1.21 bits per heavy atom. The zero-order valence-corrected chi connectivity index (χ0v) is 41.5. The molecule has 62 heavy (non-hydrogen) atoms. The largest absolute Gasteiger partial charge is 0.472 e. The number of esters is 2. The zero-order valence-electron chi connectivity index (χ0n) is 40.6. The SMILES string of the molecule is CCC/C=C\CCCCCCCC(=O)OCC(COP(=O)(O)OCCN)OC(=O)CCCCCCCCCCCCCCCCCCCCC/C=C\CCCCCCCCCC. The summed E-state index contributed by atoms with van der Waals surface area (Å²) in [6.07, 6.45) is 55.4. The zero-order chi connectivity index (χ0) is 45.3. The van der Waals surface area contributed by atoms with E-state index in [-0.39, 0.29) is 38.6 Å². The van der Waals surface area contributed by atoms with Crippen LogP contribution in [0, 0.1) is 0 Å². The number of phosphoric ester groups is 1. The summed E-state index contributed by atoms with van der Waals surface area (Å²) in [5.41, 5.74) is 5.36. The van der Waals surface area contributed by atoms with E-state index in [0.717, 1.165) is 57.8 Å². The molecule has 0 amide bonds. The van der Waals surface area contributed by atoms with E-state index in [9.17, 15) is 19.0 Å². The Labute approximate surface area is 382 Å². The van der Waals surface area contributed by atoms with E-state index in [2.05, 4.69) is 38.2 Å². The Hall–Kier alpha value is -1.51. The third-order valence-corrected chi connectivity index (χ3v) is 12.5. The van der Waals surface area contributed by atoms with E-state index in [4.69, 9.17) is 24.3 Å². The molecule has 0 spiro atoms. The highest BCUT2D eigenvalue weighted by Crippen LogP contribution is 2.43. The highest BCUT2D eigenvalue weighted by molar-refractivity contribution is 7.47. The predicted molar refractivity (Wildman–Crippen MR) is 261 cm³/mol. The Morgan fingerprint density at radius 2 is 0.823 bits per heavy atom. The molecule has 0 aliphatic rings. The fraction of sp³-hybridized carbons (Fsp3) is 0.885. The van der Waals surface area contributed by atoms with Gasteiger partial charge in [0.1, 0.15) is 6.61 Å². The van der Waals surface area contributed by atoms with Crippen LogP contribution in [0.3, 0.4) is 0 Å². The first-order valence-corrected chi connectivity index (χ1v) is 27.8. The van der Waals surface area contributed by atoms with Crippen LogP contribution in [0.4, 0.5) is 0 Å². The van der Waals surface area contributed by atoms with E-state index >= 15 is 0 Å². The van der Waals surface area contributed by atoms with Crippen molar-refractivity contribution in [3.8, 4) is 0 Å². The summed E-state index contributed by atoms with van der Waals surface area (Å²) in [6, 6.07) is 0. The number of rotatable bonds is 50. The number of ether oxygens (including phenoxy) is 2. The van der Waals surface area contributed by atoms with Gasteiger partial charge in [-0.2, -0.15) is 0 Å². The third kappa shape index (κ3) is 48.0. The molecule has 0 saturated carbocycles. The minimum Gasteiger partial charge on any atom is -0.462 e. The molecule has 0 aliphatic heterocycles. The van der Waals surface area contributed by atoms with Crippen molar-refractivity contribution in [1.82, 2.24) is 0 Å². The van der Waals surface area contributed by atoms with Crippen molar-refractivity contribution in [3.05, 3.63) is 24.3 Å². The van der Waals surface area contributed by atoms with Crippen LogP contribution < -0.4 is 5.73 Å². The summed E-state index contributed by atoms with van der Waals surface area (Å²) < 4.78 is 32.8. The molecule has 0 heterocycles. The Bertz CT molecular complexity index is 1070. The Kier molecular flexibility index (Phi) is 47.7. The maximum atomic E-state index is 12.6. The number of hydrogen-bond acceptors (Lipinski definition) is 8. The summed E-state index contributed by atoms with van der Waals surface area (Å²) in [6.45, 7) is 3.69. The molecule has 0 saturated heterocycles. The minimum absolute atomic E-state index is 0.0542. The molecule has 0 fully saturated rings. The summed E-state index contributed by atoms with van der Waals surface area (Å²) in [5.74, 6) is -0.830. The van der Waals surface area contributed by atoms with Gasteiger partial charge in [0.05, 0.1) is 13.2 Å². The summed E-state index contributed by atoms with van der Waals surface area (Å²) in [7, 11) is -4.38. The first-order chi connectivity index (χ1) is 30.3. The van der Waals surface area contributed by atoms with Crippen LogP contribution >= 0.6 is 7.82 Å². The number of allylic oxidation sites excluding steroid dienone is 4. The van der Waals surface area contributed by atoms with Crippen molar-refractivity contribution in [2.45, 2.75) is 270 Å². The third-order valence-electron chi connectivity index (χ3n) is 11.5. The van der Waals surface area contributed by atoms with Gasteiger partial charge in [-0.1, -0.05) is 218 Å². The number of nitrogens with two attached hydrogens (primary N) is 1. The van der Waals surface area contributed by atoms with E-state index in [1.54, 1.807) is 0 Å². The molecule has 10 heteroatoms. The van der Waals surface area contributed by atoms with Gasteiger partial charge in [-0.3, -0.25) is 18.6 Å². The van der Waals surface area contributed by atoms with Gasteiger partial charge in [0.15, 0.2) is 6.10 Å². The highest BCUT2D eigenvalue weighted by atomic mass is 31.2. The monoisotopic (exact) mass is 898 g/mol. The second kappa shape index (κ2) is 48.9. The second-order valence-electron chi connectivity index (χ2n) is 17.7.